The minimum atomic E-state index is -4.23. The second-order valence-electron chi connectivity index (χ2n) is 3.13. The van der Waals surface area contributed by atoms with Gasteiger partial charge in [-0.1, -0.05) is 13.0 Å². The van der Waals surface area contributed by atoms with Crippen LogP contribution in [0.5, 0.6) is 0 Å². The normalized spacial score (nSPS) is 24.1. The Bertz CT molecular complexity index is 245. The third-order valence-corrected chi connectivity index (χ3v) is 2.15. The predicted molar refractivity (Wildman–Crippen MR) is 48.2 cm³/mol. The summed E-state index contributed by atoms with van der Waals surface area (Å²) in [4.78, 5) is 1.12. The number of hydrogen-bond acceptors (Lipinski definition) is 2. The molecular formula is C9H13F3N2. The molecule has 2 N–H and O–H groups in total. The highest BCUT2D eigenvalue weighted by atomic mass is 19.4. The molecule has 1 aliphatic heterocycles. The maximum Gasteiger partial charge on any atom is 0.408 e. The van der Waals surface area contributed by atoms with Crippen molar-refractivity contribution in [3.8, 4) is 0 Å². The minimum Gasteiger partial charge on any atom is -0.347 e. The van der Waals surface area contributed by atoms with Crippen molar-refractivity contribution < 1.29 is 13.2 Å². The Labute approximate surface area is 80.9 Å². The number of halogens is 3. The average Bonchev–Trinajstić information content (AvgIpc) is 2.07. The summed E-state index contributed by atoms with van der Waals surface area (Å²) in [5, 5.41) is 0. The first kappa shape index (κ1) is 11.1. The van der Waals surface area contributed by atoms with Gasteiger partial charge in [0.1, 0.15) is 6.04 Å². The van der Waals surface area contributed by atoms with Crippen LogP contribution in [-0.4, -0.2) is 23.3 Å². The molecule has 0 aromatic rings. The Morgan fingerprint density at radius 3 is 2.50 bits per heavy atom. The Hall–Kier alpha value is -0.970. The molecule has 2 atom stereocenters. The van der Waals surface area contributed by atoms with E-state index < -0.39 is 18.4 Å². The van der Waals surface area contributed by atoms with Gasteiger partial charge in [-0.3, -0.25) is 0 Å². The summed E-state index contributed by atoms with van der Waals surface area (Å²) in [5.41, 5.74) is 5.54. The van der Waals surface area contributed by atoms with Crippen molar-refractivity contribution >= 4 is 0 Å². The molecule has 0 fully saturated rings. The van der Waals surface area contributed by atoms with E-state index in [9.17, 15) is 13.2 Å². The molecule has 5 heteroatoms. The lowest BCUT2D eigenvalue weighted by Crippen LogP contribution is -2.50. The fraction of sp³-hybridized carbons (Fsp3) is 0.556. The van der Waals surface area contributed by atoms with E-state index in [0.717, 1.165) is 4.90 Å². The van der Waals surface area contributed by atoms with Crippen molar-refractivity contribution in [2.45, 2.75) is 31.7 Å². The monoisotopic (exact) mass is 206 g/mol. The molecule has 80 valence electrons. The van der Waals surface area contributed by atoms with Crippen LogP contribution in [0.3, 0.4) is 0 Å². The largest absolute Gasteiger partial charge is 0.408 e. The van der Waals surface area contributed by atoms with Gasteiger partial charge in [-0.2, -0.15) is 13.2 Å². The predicted octanol–water partition coefficient (Wildman–Crippen LogP) is 2.00. The van der Waals surface area contributed by atoms with Crippen LogP contribution in [0.15, 0.2) is 24.4 Å². The summed E-state index contributed by atoms with van der Waals surface area (Å²) in [5.74, 6) is 0. The summed E-state index contributed by atoms with van der Waals surface area (Å²) >= 11 is 0. The van der Waals surface area contributed by atoms with Gasteiger partial charge in [0.05, 0.1) is 6.17 Å². The van der Waals surface area contributed by atoms with Gasteiger partial charge in [0.2, 0.25) is 0 Å². The van der Waals surface area contributed by atoms with Gasteiger partial charge in [0.15, 0.2) is 0 Å². The molecule has 2 unspecified atom stereocenters. The molecule has 0 bridgehead atoms. The lowest BCUT2D eigenvalue weighted by molar-refractivity contribution is -0.180. The Morgan fingerprint density at radius 1 is 1.43 bits per heavy atom. The highest BCUT2D eigenvalue weighted by molar-refractivity contribution is 5.13. The van der Waals surface area contributed by atoms with Crippen LogP contribution < -0.4 is 5.73 Å². The standard InChI is InChI=1S/C9H13F3N2/c1-2-7(9(10,11)12)14-6-4-3-5-8(14)13/h3-8H,2,13H2,1H3. The van der Waals surface area contributed by atoms with Gasteiger partial charge in [0, 0.05) is 6.20 Å². The van der Waals surface area contributed by atoms with Crippen LogP contribution in [0.25, 0.3) is 0 Å². The number of hydrogen-bond donors (Lipinski definition) is 1. The molecule has 0 radical (unpaired) electrons. The topological polar surface area (TPSA) is 29.3 Å². The second-order valence-corrected chi connectivity index (χ2v) is 3.13. The Morgan fingerprint density at radius 2 is 2.07 bits per heavy atom. The van der Waals surface area contributed by atoms with Gasteiger partial charge >= 0.3 is 6.18 Å². The van der Waals surface area contributed by atoms with E-state index in [1.165, 1.54) is 19.2 Å². The summed E-state index contributed by atoms with van der Waals surface area (Å²) < 4.78 is 37.6. The van der Waals surface area contributed by atoms with E-state index in [0.29, 0.717) is 0 Å². The molecule has 0 aliphatic carbocycles. The summed E-state index contributed by atoms with van der Waals surface area (Å²) in [7, 11) is 0. The zero-order valence-corrected chi connectivity index (χ0v) is 7.83. The van der Waals surface area contributed by atoms with Crippen LogP contribution in [0.2, 0.25) is 0 Å². The third kappa shape index (κ3) is 2.29. The molecular weight excluding hydrogens is 193 g/mol. The zero-order valence-electron chi connectivity index (χ0n) is 7.83. The molecule has 0 aromatic carbocycles. The fourth-order valence-electron chi connectivity index (χ4n) is 1.45. The van der Waals surface area contributed by atoms with E-state index in [2.05, 4.69) is 0 Å². The molecule has 0 spiro atoms. The average molecular weight is 206 g/mol. The van der Waals surface area contributed by atoms with Crippen molar-refractivity contribution in [3.05, 3.63) is 24.4 Å². The van der Waals surface area contributed by atoms with Crippen molar-refractivity contribution in [2.24, 2.45) is 5.73 Å². The van der Waals surface area contributed by atoms with Gasteiger partial charge in [-0.25, -0.2) is 0 Å². The smallest absolute Gasteiger partial charge is 0.347 e. The summed E-state index contributed by atoms with van der Waals surface area (Å²) in [6.07, 6.45) is 1.19. The molecule has 2 nitrogen and oxygen atoms in total. The summed E-state index contributed by atoms with van der Waals surface area (Å²) in [6, 6.07) is -1.50. The molecule has 14 heavy (non-hydrogen) atoms. The maximum absolute atomic E-state index is 12.5. The van der Waals surface area contributed by atoms with Crippen LogP contribution in [0.1, 0.15) is 13.3 Å². The van der Waals surface area contributed by atoms with Crippen molar-refractivity contribution in [1.82, 2.24) is 4.90 Å². The molecule has 0 aromatic heterocycles. The minimum absolute atomic E-state index is 0.00458. The fourth-order valence-corrected chi connectivity index (χ4v) is 1.45. The third-order valence-electron chi connectivity index (χ3n) is 2.15. The van der Waals surface area contributed by atoms with E-state index in [1.54, 1.807) is 12.2 Å². The molecule has 0 saturated heterocycles. The molecule has 0 amide bonds. The Balaban J connectivity index is 2.80. The quantitative estimate of drug-likeness (QED) is 0.748. The molecule has 1 rings (SSSR count). The highest BCUT2D eigenvalue weighted by Gasteiger charge is 2.42. The van der Waals surface area contributed by atoms with Crippen LogP contribution in [0, 0.1) is 0 Å². The van der Waals surface area contributed by atoms with Gasteiger partial charge in [-0.15, -0.1) is 0 Å². The van der Waals surface area contributed by atoms with Crippen LogP contribution in [0.4, 0.5) is 13.2 Å². The SMILES string of the molecule is CCC(N1C=CC=CC1N)C(F)(F)F. The molecule has 1 heterocycles. The number of rotatable bonds is 2. The van der Waals surface area contributed by atoms with Gasteiger partial charge < -0.3 is 10.6 Å². The number of nitrogens with two attached hydrogens (primary N) is 1. The molecule has 1 aliphatic rings. The van der Waals surface area contributed by atoms with Gasteiger partial charge in [-0.05, 0) is 18.6 Å². The lowest BCUT2D eigenvalue weighted by atomic mass is 10.1. The van der Waals surface area contributed by atoms with E-state index >= 15 is 0 Å². The zero-order chi connectivity index (χ0) is 10.8. The van der Waals surface area contributed by atoms with E-state index in [4.69, 9.17) is 5.73 Å². The second kappa shape index (κ2) is 4.04. The maximum atomic E-state index is 12.5. The Kier molecular flexibility index (Phi) is 3.21. The van der Waals surface area contributed by atoms with Crippen LogP contribution in [-0.2, 0) is 0 Å². The number of alkyl halides is 3. The highest BCUT2D eigenvalue weighted by Crippen LogP contribution is 2.28. The van der Waals surface area contributed by atoms with E-state index in [-0.39, 0.29) is 6.42 Å². The van der Waals surface area contributed by atoms with Gasteiger partial charge in [0.25, 0.3) is 0 Å². The number of allylic oxidation sites excluding steroid dienone is 2. The van der Waals surface area contributed by atoms with Crippen molar-refractivity contribution in [1.29, 1.82) is 0 Å². The van der Waals surface area contributed by atoms with Crippen molar-refractivity contribution in [3.63, 3.8) is 0 Å². The first-order valence-corrected chi connectivity index (χ1v) is 4.41. The first-order chi connectivity index (χ1) is 6.46. The first-order valence-electron chi connectivity index (χ1n) is 4.41. The van der Waals surface area contributed by atoms with Crippen molar-refractivity contribution in [2.75, 3.05) is 0 Å². The van der Waals surface area contributed by atoms with Crippen LogP contribution >= 0.6 is 0 Å². The summed E-state index contributed by atoms with van der Waals surface area (Å²) in [6.45, 7) is 1.50. The van der Waals surface area contributed by atoms with E-state index in [1.807, 2.05) is 0 Å². The lowest BCUT2D eigenvalue weighted by Gasteiger charge is -2.35. The number of nitrogens with zero attached hydrogens (tertiary/aromatic N) is 1. The molecule has 0 saturated carbocycles.